The second-order valence-corrected chi connectivity index (χ2v) is 5.86. The van der Waals surface area contributed by atoms with Gasteiger partial charge in [0.25, 0.3) is 0 Å². The van der Waals surface area contributed by atoms with Gasteiger partial charge < -0.3 is 0 Å². The monoisotopic (exact) mass is 302 g/mol. The van der Waals surface area contributed by atoms with Gasteiger partial charge in [0.1, 0.15) is 0 Å². The Morgan fingerprint density at radius 2 is 1.78 bits per heavy atom. The molecule has 0 radical (unpaired) electrons. The fraction of sp³-hybridized carbons (Fsp3) is 0.294. The Labute approximate surface area is 118 Å². The van der Waals surface area contributed by atoms with Crippen LogP contribution < -0.4 is 0 Å². The van der Waals surface area contributed by atoms with E-state index < -0.39 is 0 Å². The summed E-state index contributed by atoms with van der Waals surface area (Å²) in [6.07, 6.45) is 3.56. The molecule has 1 atom stereocenters. The number of halogens is 1. The molecule has 0 N–H and O–H groups in total. The molecule has 0 saturated carbocycles. The molecule has 0 spiro atoms. The zero-order chi connectivity index (χ0) is 12.8. The Balaban J connectivity index is 1.82. The van der Waals surface area contributed by atoms with Crippen molar-refractivity contribution in [3.05, 3.63) is 71.3 Å². The fourth-order valence-corrected chi connectivity index (χ4v) is 2.81. The van der Waals surface area contributed by atoms with E-state index in [0.717, 1.165) is 6.42 Å². The highest BCUT2D eigenvalue weighted by atomic mass is 79.9. The third kappa shape index (κ3) is 3.99. The maximum Gasteiger partial charge on any atom is 0.0395 e. The fourth-order valence-electron chi connectivity index (χ4n) is 2.18. The van der Waals surface area contributed by atoms with Crippen LogP contribution in [0.3, 0.4) is 0 Å². The van der Waals surface area contributed by atoms with Crippen molar-refractivity contribution < 1.29 is 0 Å². The number of alkyl halides is 1. The Morgan fingerprint density at radius 1 is 1.00 bits per heavy atom. The summed E-state index contributed by atoms with van der Waals surface area (Å²) in [4.78, 5) is 0.475. The molecule has 2 rings (SSSR count). The molecule has 0 aliphatic carbocycles. The number of hydrogen-bond acceptors (Lipinski definition) is 0. The zero-order valence-electron chi connectivity index (χ0n) is 10.8. The van der Waals surface area contributed by atoms with Gasteiger partial charge in [0.15, 0.2) is 0 Å². The second-order valence-electron chi connectivity index (χ2n) is 4.76. The third-order valence-electron chi connectivity index (χ3n) is 3.17. The lowest BCUT2D eigenvalue weighted by atomic mass is 10.0. The lowest BCUT2D eigenvalue weighted by Crippen LogP contribution is -1.92. The van der Waals surface area contributed by atoms with Crippen LogP contribution in [0.4, 0.5) is 0 Å². The summed E-state index contributed by atoms with van der Waals surface area (Å²) in [7, 11) is 0. The number of aryl methyl sites for hydroxylation is 2. The minimum absolute atomic E-state index is 0.475. The molecular weight excluding hydrogens is 284 g/mol. The van der Waals surface area contributed by atoms with Crippen LogP contribution in [0.25, 0.3) is 0 Å². The minimum atomic E-state index is 0.475. The molecular formula is C17H19Br. The SMILES string of the molecule is Cc1cccc(CCCC(Br)c2ccccc2)c1. The molecule has 2 aromatic rings. The van der Waals surface area contributed by atoms with Gasteiger partial charge in [-0.1, -0.05) is 76.1 Å². The molecule has 94 valence electrons. The summed E-state index contributed by atoms with van der Waals surface area (Å²) >= 11 is 3.77. The van der Waals surface area contributed by atoms with Crippen LogP contribution in [0.1, 0.15) is 34.4 Å². The van der Waals surface area contributed by atoms with Crippen molar-refractivity contribution in [1.82, 2.24) is 0 Å². The summed E-state index contributed by atoms with van der Waals surface area (Å²) in [5.74, 6) is 0. The van der Waals surface area contributed by atoms with E-state index in [0.29, 0.717) is 4.83 Å². The summed E-state index contributed by atoms with van der Waals surface area (Å²) < 4.78 is 0. The zero-order valence-corrected chi connectivity index (χ0v) is 12.4. The molecule has 0 aromatic heterocycles. The number of rotatable bonds is 5. The van der Waals surface area contributed by atoms with Gasteiger partial charge in [0, 0.05) is 4.83 Å². The highest BCUT2D eigenvalue weighted by Gasteiger charge is 2.06. The van der Waals surface area contributed by atoms with Gasteiger partial charge in [0.05, 0.1) is 0 Å². The average molecular weight is 303 g/mol. The molecule has 0 heterocycles. The van der Waals surface area contributed by atoms with Crippen molar-refractivity contribution in [2.24, 2.45) is 0 Å². The van der Waals surface area contributed by atoms with Crippen molar-refractivity contribution in [2.45, 2.75) is 31.0 Å². The largest absolute Gasteiger partial charge is 0.0839 e. The summed E-state index contributed by atoms with van der Waals surface area (Å²) in [6.45, 7) is 2.15. The maximum atomic E-state index is 3.77. The first kappa shape index (κ1) is 13.4. The minimum Gasteiger partial charge on any atom is -0.0839 e. The van der Waals surface area contributed by atoms with Gasteiger partial charge in [-0.25, -0.2) is 0 Å². The highest BCUT2D eigenvalue weighted by molar-refractivity contribution is 9.09. The molecule has 0 fully saturated rings. The summed E-state index contributed by atoms with van der Waals surface area (Å²) in [6, 6.07) is 19.4. The molecule has 0 aliphatic heterocycles. The van der Waals surface area contributed by atoms with Crippen molar-refractivity contribution in [1.29, 1.82) is 0 Å². The van der Waals surface area contributed by atoms with Crippen LogP contribution in [0.5, 0.6) is 0 Å². The van der Waals surface area contributed by atoms with Crippen LogP contribution in [0.2, 0.25) is 0 Å². The van der Waals surface area contributed by atoms with E-state index in [1.165, 1.54) is 29.5 Å². The number of hydrogen-bond donors (Lipinski definition) is 0. The lowest BCUT2D eigenvalue weighted by Gasteiger charge is -2.10. The van der Waals surface area contributed by atoms with Crippen molar-refractivity contribution in [2.75, 3.05) is 0 Å². The first-order valence-corrected chi connectivity index (χ1v) is 7.42. The van der Waals surface area contributed by atoms with E-state index >= 15 is 0 Å². The normalized spacial score (nSPS) is 12.3. The van der Waals surface area contributed by atoms with Crippen LogP contribution in [-0.4, -0.2) is 0 Å². The van der Waals surface area contributed by atoms with E-state index in [4.69, 9.17) is 0 Å². The predicted octanol–water partition coefficient (Wildman–Crippen LogP) is 5.45. The highest BCUT2D eigenvalue weighted by Crippen LogP contribution is 2.28. The van der Waals surface area contributed by atoms with Gasteiger partial charge >= 0.3 is 0 Å². The van der Waals surface area contributed by atoms with E-state index in [1.807, 2.05) is 0 Å². The van der Waals surface area contributed by atoms with Crippen LogP contribution in [0, 0.1) is 6.92 Å². The van der Waals surface area contributed by atoms with Gasteiger partial charge in [-0.15, -0.1) is 0 Å². The van der Waals surface area contributed by atoms with Gasteiger partial charge in [-0.3, -0.25) is 0 Å². The number of benzene rings is 2. The van der Waals surface area contributed by atoms with Crippen LogP contribution >= 0.6 is 15.9 Å². The lowest BCUT2D eigenvalue weighted by molar-refractivity contribution is 0.729. The molecule has 0 nitrogen and oxygen atoms in total. The van der Waals surface area contributed by atoms with Crippen molar-refractivity contribution >= 4 is 15.9 Å². The van der Waals surface area contributed by atoms with Crippen LogP contribution in [-0.2, 0) is 6.42 Å². The van der Waals surface area contributed by atoms with Crippen molar-refractivity contribution in [3.63, 3.8) is 0 Å². The molecule has 1 unspecified atom stereocenters. The Bertz CT molecular complexity index is 476. The van der Waals surface area contributed by atoms with E-state index in [9.17, 15) is 0 Å². The van der Waals surface area contributed by atoms with Gasteiger partial charge in [0.2, 0.25) is 0 Å². The van der Waals surface area contributed by atoms with E-state index in [2.05, 4.69) is 77.5 Å². The third-order valence-corrected chi connectivity index (χ3v) is 4.15. The molecule has 1 heteroatoms. The molecule has 0 saturated heterocycles. The Hall–Kier alpha value is -1.08. The predicted molar refractivity (Wildman–Crippen MR) is 82.2 cm³/mol. The van der Waals surface area contributed by atoms with E-state index in [-0.39, 0.29) is 0 Å². The quantitative estimate of drug-likeness (QED) is 0.644. The van der Waals surface area contributed by atoms with Crippen LogP contribution in [0.15, 0.2) is 54.6 Å². The Kier molecular flexibility index (Phi) is 5.00. The maximum absolute atomic E-state index is 3.77. The smallest absolute Gasteiger partial charge is 0.0395 e. The second kappa shape index (κ2) is 6.75. The first-order valence-electron chi connectivity index (χ1n) is 6.50. The standard InChI is InChI=1S/C17H19Br/c1-14-7-5-8-15(13-14)9-6-12-17(18)16-10-3-2-4-11-16/h2-5,7-8,10-11,13,17H,6,9,12H2,1H3. The van der Waals surface area contributed by atoms with Gasteiger partial charge in [-0.05, 0) is 37.3 Å². The van der Waals surface area contributed by atoms with E-state index in [1.54, 1.807) is 0 Å². The molecule has 18 heavy (non-hydrogen) atoms. The molecule has 0 aliphatic rings. The molecule has 0 amide bonds. The topological polar surface area (TPSA) is 0 Å². The molecule has 0 bridgehead atoms. The summed E-state index contributed by atoms with van der Waals surface area (Å²) in [5.41, 5.74) is 4.18. The first-order chi connectivity index (χ1) is 8.75. The van der Waals surface area contributed by atoms with Crippen molar-refractivity contribution in [3.8, 4) is 0 Å². The van der Waals surface area contributed by atoms with Gasteiger partial charge in [-0.2, -0.15) is 0 Å². The Morgan fingerprint density at radius 3 is 2.50 bits per heavy atom. The molecule has 2 aromatic carbocycles. The summed E-state index contributed by atoms with van der Waals surface area (Å²) in [5, 5.41) is 0. The average Bonchev–Trinajstić information content (AvgIpc) is 2.40.